The van der Waals surface area contributed by atoms with Crippen molar-refractivity contribution >= 4 is 44.2 Å². The van der Waals surface area contributed by atoms with Crippen molar-refractivity contribution in [2.75, 3.05) is 5.32 Å². The van der Waals surface area contributed by atoms with Gasteiger partial charge in [0.15, 0.2) is 5.13 Å². The van der Waals surface area contributed by atoms with Crippen LogP contribution in [0.2, 0.25) is 0 Å². The Kier molecular flexibility index (Phi) is 4.37. The molecule has 1 N–H and O–H groups in total. The van der Waals surface area contributed by atoms with E-state index >= 15 is 0 Å². The lowest BCUT2D eigenvalue weighted by atomic mass is 10.1. The topological polar surface area (TPSA) is 85.1 Å². The van der Waals surface area contributed by atoms with Crippen molar-refractivity contribution in [1.82, 2.24) is 9.97 Å². The van der Waals surface area contributed by atoms with Gasteiger partial charge in [-0.05, 0) is 37.3 Å². The number of thiazole rings is 1. The number of fused-ring (bicyclic) bond motifs is 2. The number of carbonyl (C=O) groups is 1. The Morgan fingerprint density at radius 1 is 1.00 bits per heavy atom. The van der Waals surface area contributed by atoms with E-state index in [9.17, 15) is 9.59 Å². The summed E-state index contributed by atoms with van der Waals surface area (Å²) in [5, 5.41) is 6.70. The summed E-state index contributed by atoms with van der Waals surface area (Å²) in [4.78, 5) is 33.9. The lowest BCUT2D eigenvalue weighted by Gasteiger charge is -2.04. The Bertz CT molecular complexity index is 1490. The quantitative estimate of drug-likeness (QED) is 0.420. The monoisotopic (exact) mass is 413 g/mol. The van der Waals surface area contributed by atoms with Crippen LogP contribution in [0, 0.1) is 6.92 Å². The summed E-state index contributed by atoms with van der Waals surface area (Å²) >= 11 is 1.25. The van der Waals surface area contributed by atoms with Crippen LogP contribution in [0.3, 0.4) is 0 Å². The van der Waals surface area contributed by atoms with Crippen LogP contribution in [0.5, 0.6) is 0 Å². The molecule has 0 unspecified atom stereocenters. The molecule has 30 heavy (non-hydrogen) atoms. The Morgan fingerprint density at radius 3 is 2.73 bits per heavy atom. The van der Waals surface area contributed by atoms with Crippen molar-refractivity contribution < 1.29 is 9.21 Å². The van der Waals surface area contributed by atoms with Crippen LogP contribution in [0.25, 0.3) is 33.1 Å². The minimum absolute atomic E-state index is 0.286. The van der Waals surface area contributed by atoms with Gasteiger partial charge in [-0.3, -0.25) is 15.1 Å². The molecule has 7 heteroatoms. The fraction of sp³-hybridized carbons (Fsp3) is 0.0435. The molecule has 0 bridgehead atoms. The van der Waals surface area contributed by atoms with E-state index in [-0.39, 0.29) is 5.91 Å². The van der Waals surface area contributed by atoms with Crippen LogP contribution >= 0.6 is 11.3 Å². The van der Waals surface area contributed by atoms with Gasteiger partial charge in [0.2, 0.25) is 0 Å². The zero-order valence-corrected chi connectivity index (χ0v) is 16.7. The number of anilines is 1. The molecule has 6 nitrogen and oxygen atoms in total. The highest BCUT2D eigenvalue weighted by molar-refractivity contribution is 7.14. The van der Waals surface area contributed by atoms with E-state index in [4.69, 9.17) is 4.42 Å². The van der Waals surface area contributed by atoms with Crippen LogP contribution < -0.4 is 10.9 Å². The Balaban J connectivity index is 1.43. The van der Waals surface area contributed by atoms with Crippen LogP contribution in [0.15, 0.2) is 75.3 Å². The molecule has 0 aliphatic carbocycles. The summed E-state index contributed by atoms with van der Waals surface area (Å²) in [6.07, 6.45) is 0. The molecule has 0 fully saturated rings. The second-order valence-corrected chi connectivity index (χ2v) is 7.70. The highest BCUT2D eigenvalue weighted by atomic mass is 32.1. The SMILES string of the molecule is Cc1ccc2ccc(C(=O)Nc3nc(-c4cc5ccccc5oc4=O)cs3)cc2n1. The molecule has 2 aromatic carbocycles. The number of nitrogens with one attached hydrogen (secondary N) is 1. The fourth-order valence-electron chi connectivity index (χ4n) is 3.22. The van der Waals surface area contributed by atoms with Gasteiger partial charge in [-0.2, -0.15) is 0 Å². The highest BCUT2D eigenvalue weighted by Gasteiger charge is 2.14. The molecule has 1 amide bonds. The van der Waals surface area contributed by atoms with Crippen LogP contribution in [-0.2, 0) is 0 Å². The summed E-state index contributed by atoms with van der Waals surface area (Å²) in [5.74, 6) is -0.286. The van der Waals surface area contributed by atoms with E-state index in [0.717, 1.165) is 22.0 Å². The Labute approximate surface area is 174 Å². The van der Waals surface area contributed by atoms with Gasteiger partial charge in [0.1, 0.15) is 5.58 Å². The van der Waals surface area contributed by atoms with Gasteiger partial charge < -0.3 is 4.42 Å². The third-order valence-electron chi connectivity index (χ3n) is 4.74. The van der Waals surface area contributed by atoms with Crippen molar-refractivity contribution in [2.24, 2.45) is 0 Å². The number of hydrogen-bond acceptors (Lipinski definition) is 6. The van der Waals surface area contributed by atoms with Crippen LogP contribution in [0.1, 0.15) is 16.1 Å². The Hall–Kier alpha value is -3.84. The van der Waals surface area contributed by atoms with E-state index < -0.39 is 5.63 Å². The molecular weight excluding hydrogens is 398 g/mol. The largest absolute Gasteiger partial charge is 0.422 e. The molecule has 146 valence electrons. The minimum Gasteiger partial charge on any atom is -0.422 e. The van der Waals surface area contributed by atoms with Gasteiger partial charge in [0.05, 0.1) is 16.8 Å². The van der Waals surface area contributed by atoms with Gasteiger partial charge >= 0.3 is 5.63 Å². The predicted octanol–water partition coefficient (Wildman–Crippen LogP) is 5.03. The normalized spacial score (nSPS) is 11.1. The van der Waals surface area contributed by atoms with Gasteiger partial charge in [-0.25, -0.2) is 9.78 Å². The molecule has 0 saturated heterocycles. The number of amides is 1. The molecule has 5 aromatic rings. The first kappa shape index (κ1) is 18.2. The first-order valence-corrected chi connectivity index (χ1v) is 10.1. The lowest BCUT2D eigenvalue weighted by molar-refractivity contribution is 0.102. The van der Waals surface area contributed by atoms with Crippen LogP contribution in [-0.4, -0.2) is 15.9 Å². The number of aryl methyl sites for hydroxylation is 1. The van der Waals surface area contributed by atoms with E-state index in [2.05, 4.69) is 15.3 Å². The number of pyridine rings is 1. The second kappa shape index (κ2) is 7.20. The molecule has 0 aliphatic heterocycles. The summed E-state index contributed by atoms with van der Waals surface area (Å²) in [5.41, 5.74) is 3.02. The zero-order valence-electron chi connectivity index (χ0n) is 15.9. The number of carbonyl (C=O) groups excluding carboxylic acids is 1. The molecule has 0 atom stereocenters. The van der Waals surface area contributed by atoms with Gasteiger partial charge in [-0.1, -0.05) is 30.3 Å². The molecule has 5 rings (SSSR count). The lowest BCUT2D eigenvalue weighted by Crippen LogP contribution is -2.12. The predicted molar refractivity (Wildman–Crippen MR) is 118 cm³/mol. The number of hydrogen-bond donors (Lipinski definition) is 1. The highest BCUT2D eigenvalue weighted by Crippen LogP contribution is 2.26. The van der Waals surface area contributed by atoms with Crippen molar-refractivity contribution in [2.45, 2.75) is 6.92 Å². The summed E-state index contributed by atoms with van der Waals surface area (Å²) < 4.78 is 5.37. The number of nitrogens with zero attached hydrogens (tertiary/aromatic N) is 2. The molecule has 0 spiro atoms. The standard InChI is InChI=1S/C23H15N3O3S/c1-13-6-7-14-8-9-16(11-18(14)24-13)21(27)26-23-25-19(12-30-23)17-10-15-4-2-3-5-20(15)29-22(17)28/h2-12H,1H3,(H,25,26,27). The van der Waals surface area contributed by atoms with Gasteiger partial charge in [0, 0.05) is 27.4 Å². The smallest absolute Gasteiger partial charge is 0.345 e. The first-order valence-electron chi connectivity index (χ1n) is 9.24. The van der Waals surface area contributed by atoms with Crippen molar-refractivity contribution in [3.8, 4) is 11.3 Å². The third kappa shape index (κ3) is 3.35. The van der Waals surface area contributed by atoms with Crippen LogP contribution in [0.4, 0.5) is 5.13 Å². The zero-order chi connectivity index (χ0) is 20.7. The first-order chi connectivity index (χ1) is 14.6. The second-order valence-electron chi connectivity index (χ2n) is 6.84. The third-order valence-corrected chi connectivity index (χ3v) is 5.49. The van der Waals surface area contributed by atoms with E-state index in [1.165, 1.54) is 11.3 Å². The molecule has 0 radical (unpaired) electrons. The van der Waals surface area contributed by atoms with Gasteiger partial charge in [-0.15, -0.1) is 11.3 Å². The van der Waals surface area contributed by atoms with Crippen molar-refractivity contribution in [1.29, 1.82) is 0 Å². The minimum atomic E-state index is -0.465. The summed E-state index contributed by atoms with van der Waals surface area (Å²) in [6.45, 7) is 1.91. The van der Waals surface area contributed by atoms with Gasteiger partial charge in [0.25, 0.3) is 5.91 Å². The molecular formula is C23H15N3O3S. The maximum Gasteiger partial charge on any atom is 0.345 e. The summed E-state index contributed by atoms with van der Waals surface area (Å²) in [7, 11) is 0. The number of para-hydroxylation sites is 1. The Morgan fingerprint density at radius 2 is 1.83 bits per heavy atom. The molecule has 3 aromatic heterocycles. The summed E-state index contributed by atoms with van der Waals surface area (Å²) in [6, 6.07) is 18.3. The van der Waals surface area contributed by atoms with E-state index in [1.54, 1.807) is 29.6 Å². The van der Waals surface area contributed by atoms with E-state index in [1.807, 2.05) is 43.3 Å². The van der Waals surface area contributed by atoms with E-state index in [0.29, 0.717) is 27.5 Å². The average Bonchev–Trinajstić information content (AvgIpc) is 3.20. The number of benzene rings is 2. The number of rotatable bonds is 3. The molecule has 0 aliphatic rings. The molecule has 3 heterocycles. The average molecular weight is 413 g/mol. The maximum absolute atomic E-state index is 12.7. The van der Waals surface area contributed by atoms with Crippen molar-refractivity contribution in [3.05, 3.63) is 87.7 Å². The maximum atomic E-state index is 12.7. The molecule has 0 saturated carbocycles. The number of aromatic nitrogens is 2. The van der Waals surface area contributed by atoms with Crippen molar-refractivity contribution in [3.63, 3.8) is 0 Å². The fourth-order valence-corrected chi connectivity index (χ4v) is 3.93.